The summed E-state index contributed by atoms with van der Waals surface area (Å²) in [4.78, 5) is 28.9. The Hall–Kier alpha value is -3.24. The molecule has 0 unspecified atom stereocenters. The van der Waals surface area contributed by atoms with Crippen molar-refractivity contribution in [1.29, 1.82) is 5.41 Å². The molecule has 1 aromatic carbocycles. The molecular weight excluding hydrogens is 450 g/mol. The first-order valence-corrected chi connectivity index (χ1v) is 11.3. The Kier molecular flexibility index (Phi) is 6.95. The van der Waals surface area contributed by atoms with E-state index in [0.29, 0.717) is 10.6 Å². The third-order valence-electron chi connectivity index (χ3n) is 4.02. The molecule has 8 nitrogen and oxygen atoms in total. The van der Waals surface area contributed by atoms with Crippen molar-refractivity contribution in [3.63, 3.8) is 0 Å². The number of amides is 1. The fourth-order valence-electron chi connectivity index (χ4n) is 2.71. The van der Waals surface area contributed by atoms with Gasteiger partial charge in [-0.1, -0.05) is 12.1 Å². The van der Waals surface area contributed by atoms with Crippen molar-refractivity contribution in [2.45, 2.75) is 33.3 Å². The predicted molar refractivity (Wildman–Crippen MR) is 125 cm³/mol. The van der Waals surface area contributed by atoms with Gasteiger partial charge in [-0.3, -0.25) is 10.7 Å². The lowest BCUT2D eigenvalue weighted by atomic mass is 10.1. The standard InChI is InChI=1S/C22H23N3O5S2/c1-12-15(9-17(32-12)19(23)25-21(28)30-22(2,3)4)20-24-16(11-31-20)13-6-5-7-14(8-13)29-10-18(26)27/h5-9,11H,10H2,1-4H3,(H,26,27)(H2,23,25,28). The number of rotatable bonds is 6. The Balaban J connectivity index is 1.76. The molecule has 0 saturated carbocycles. The van der Waals surface area contributed by atoms with Gasteiger partial charge in [-0.2, -0.15) is 0 Å². The number of carbonyl (C=O) groups excluding carboxylic acids is 1. The molecule has 0 spiro atoms. The molecule has 0 saturated heterocycles. The van der Waals surface area contributed by atoms with Crippen LogP contribution < -0.4 is 10.1 Å². The zero-order valence-corrected chi connectivity index (χ0v) is 19.6. The quantitative estimate of drug-likeness (QED) is 0.336. The molecule has 3 aromatic rings. The van der Waals surface area contributed by atoms with E-state index in [4.69, 9.17) is 25.0 Å². The highest BCUT2D eigenvalue weighted by molar-refractivity contribution is 7.16. The van der Waals surface area contributed by atoms with Gasteiger partial charge in [0.25, 0.3) is 0 Å². The first-order chi connectivity index (χ1) is 15.0. The second-order valence-electron chi connectivity index (χ2n) is 7.83. The fraction of sp³-hybridized carbons (Fsp3) is 0.273. The zero-order chi connectivity index (χ0) is 23.5. The number of thiophene rings is 1. The van der Waals surface area contributed by atoms with Crippen LogP contribution in [0.15, 0.2) is 35.7 Å². The summed E-state index contributed by atoms with van der Waals surface area (Å²) in [6.45, 7) is 6.81. The summed E-state index contributed by atoms with van der Waals surface area (Å²) in [6.07, 6.45) is -0.670. The van der Waals surface area contributed by atoms with Gasteiger partial charge in [0.2, 0.25) is 0 Å². The van der Waals surface area contributed by atoms with E-state index in [9.17, 15) is 9.59 Å². The van der Waals surface area contributed by atoms with Gasteiger partial charge in [0.15, 0.2) is 6.61 Å². The molecule has 10 heteroatoms. The second-order valence-corrected chi connectivity index (χ2v) is 9.94. The molecule has 0 bridgehead atoms. The predicted octanol–water partition coefficient (Wildman–Crippen LogP) is 5.16. The summed E-state index contributed by atoms with van der Waals surface area (Å²) in [5, 5.41) is 22.1. The van der Waals surface area contributed by atoms with Crippen LogP contribution in [0, 0.1) is 12.3 Å². The van der Waals surface area contributed by atoms with E-state index in [1.54, 1.807) is 39.0 Å². The number of alkyl carbamates (subject to hydrolysis) is 1. The van der Waals surface area contributed by atoms with Gasteiger partial charge < -0.3 is 14.6 Å². The number of nitrogens with zero attached hydrogens (tertiary/aromatic N) is 1. The number of benzene rings is 1. The van der Waals surface area contributed by atoms with E-state index in [1.807, 2.05) is 24.4 Å². The second kappa shape index (κ2) is 9.49. The minimum atomic E-state index is -1.04. The number of aryl methyl sites for hydroxylation is 1. The molecule has 0 fully saturated rings. The number of carboxylic acid groups (broad SMARTS) is 1. The van der Waals surface area contributed by atoms with E-state index in [1.165, 1.54) is 22.7 Å². The summed E-state index contributed by atoms with van der Waals surface area (Å²) in [7, 11) is 0. The number of amidine groups is 1. The third kappa shape index (κ3) is 6.14. The lowest BCUT2D eigenvalue weighted by molar-refractivity contribution is -0.139. The van der Waals surface area contributed by atoms with Crippen LogP contribution in [0.1, 0.15) is 30.5 Å². The van der Waals surface area contributed by atoms with Crippen molar-refractivity contribution in [2.75, 3.05) is 6.61 Å². The monoisotopic (exact) mass is 473 g/mol. The van der Waals surface area contributed by atoms with E-state index in [0.717, 1.165) is 26.7 Å². The first kappa shape index (κ1) is 23.4. The molecule has 2 heterocycles. The maximum atomic E-state index is 12.0. The minimum absolute atomic E-state index is 0.0290. The van der Waals surface area contributed by atoms with Crippen LogP contribution in [0.4, 0.5) is 4.79 Å². The maximum Gasteiger partial charge on any atom is 0.413 e. The van der Waals surface area contributed by atoms with Crippen molar-refractivity contribution >= 4 is 40.6 Å². The summed E-state index contributed by atoms with van der Waals surface area (Å²) < 4.78 is 10.4. The van der Waals surface area contributed by atoms with Crippen molar-refractivity contribution in [3.05, 3.63) is 45.5 Å². The van der Waals surface area contributed by atoms with Crippen LogP contribution in [0.25, 0.3) is 21.8 Å². The smallest absolute Gasteiger partial charge is 0.413 e. The Morgan fingerprint density at radius 1 is 1.25 bits per heavy atom. The van der Waals surface area contributed by atoms with E-state index in [2.05, 4.69) is 5.32 Å². The lowest BCUT2D eigenvalue weighted by Gasteiger charge is -2.19. The topological polar surface area (TPSA) is 122 Å². The molecule has 0 aliphatic carbocycles. The first-order valence-electron chi connectivity index (χ1n) is 9.62. The molecule has 0 aliphatic heterocycles. The van der Waals surface area contributed by atoms with Crippen molar-refractivity contribution < 1.29 is 24.2 Å². The van der Waals surface area contributed by atoms with Crippen LogP contribution in [-0.2, 0) is 9.53 Å². The highest BCUT2D eigenvalue weighted by atomic mass is 32.1. The number of aromatic nitrogens is 1. The lowest BCUT2D eigenvalue weighted by Crippen LogP contribution is -2.36. The Morgan fingerprint density at radius 3 is 2.69 bits per heavy atom. The fourth-order valence-corrected chi connectivity index (χ4v) is 4.60. The van der Waals surface area contributed by atoms with Gasteiger partial charge >= 0.3 is 12.1 Å². The minimum Gasteiger partial charge on any atom is -0.482 e. The number of nitrogens with one attached hydrogen (secondary N) is 2. The summed E-state index contributed by atoms with van der Waals surface area (Å²) in [6, 6.07) is 8.92. The van der Waals surface area contributed by atoms with Crippen LogP contribution in [0.5, 0.6) is 5.75 Å². The Bertz CT molecular complexity index is 1160. The van der Waals surface area contributed by atoms with Gasteiger partial charge in [0.1, 0.15) is 22.2 Å². The summed E-state index contributed by atoms with van der Waals surface area (Å²) >= 11 is 2.85. The summed E-state index contributed by atoms with van der Waals surface area (Å²) in [5.41, 5.74) is 1.78. The van der Waals surface area contributed by atoms with Gasteiger partial charge in [-0.25, -0.2) is 14.6 Å². The molecule has 2 aromatic heterocycles. The van der Waals surface area contributed by atoms with Crippen LogP contribution in [0.2, 0.25) is 0 Å². The molecule has 3 N–H and O–H groups in total. The number of aliphatic carboxylic acids is 1. The molecule has 32 heavy (non-hydrogen) atoms. The number of carbonyl (C=O) groups is 2. The maximum absolute atomic E-state index is 12.0. The molecule has 3 rings (SSSR count). The van der Waals surface area contributed by atoms with Crippen molar-refractivity contribution in [1.82, 2.24) is 10.3 Å². The average molecular weight is 474 g/mol. The van der Waals surface area contributed by atoms with Gasteiger partial charge in [-0.15, -0.1) is 22.7 Å². The summed E-state index contributed by atoms with van der Waals surface area (Å²) in [5.74, 6) is -0.615. The molecule has 0 atom stereocenters. The van der Waals surface area contributed by atoms with Crippen LogP contribution >= 0.6 is 22.7 Å². The molecule has 1 amide bonds. The zero-order valence-electron chi connectivity index (χ0n) is 18.0. The van der Waals surface area contributed by atoms with E-state index in [-0.39, 0.29) is 5.84 Å². The number of ether oxygens (including phenoxy) is 2. The van der Waals surface area contributed by atoms with Gasteiger partial charge in [-0.05, 0) is 45.9 Å². The van der Waals surface area contributed by atoms with Gasteiger partial charge in [0.05, 0.1) is 10.6 Å². The van der Waals surface area contributed by atoms with Crippen molar-refractivity contribution in [2.24, 2.45) is 0 Å². The molecule has 168 valence electrons. The van der Waals surface area contributed by atoms with E-state index < -0.39 is 24.3 Å². The number of hydrogen-bond donors (Lipinski definition) is 3. The highest BCUT2D eigenvalue weighted by Gasteiger charge is 2.20. The largest absolute Gasteiger partial charge is 0.482 e. The van der Waals surface area contributed by atoms with Crippen LogP contribution in [0.3, 0.4) is 0 Å². The highest BCUT2D eigenvalue weighted by Crippen LogP contribution is 2.35. The van der Waals surface area contributed by atoms with E-state index >= 15 is 0 Å². The number of carboxylic acids is 1. The van der Waals surface area contributed by atoms with Crippen molar-refractivity contribution in [3.8, 4) is 27.6 Å². The Morgan fingerprint density at radius 2 is 2.00 bits per heavy atom. The SMILES string of the molecule is Cc1sc(C(=N)NC(=O)OC(C)(C)C)cc1-c1nc(-c2cccc(OCC(=O)O)c2)cs1. The number of thiazole rings is 1. The molecular formula is C22H23N3O5S2. The molecule has 0 radical (unpaired) electrons. The van der Waals surface area contributed by atoms with Crippen LogP contribution in [-0.4, -0.2) is 40.2 Å². The number of hydrogen-bond acceptors (Lipinski definition) is 8. The molecule has 0 aliphatic rings. The normalized spacial score (nSPS) is 11.1. The third-order valence-corrected chi connectivity index (χ3v) is 5.96. The average Bonchev–Trinajstić information content (AvgIpc) is 3.31. The Labute approximate surface area is 193 Å². The van der Waals surface area contributed by atoms with Gasteiger partial charge in [0, 0.05) is 21.4 Å².